The van der Waals surface area contributed by atoms with Crippen molar-refractivity contribution in [2.45, 2.75) is 13.8 Å². The summed E-state index contributed by atoms with van der Waals surface area (Å²) in [5.41, 5.74) is 4.18. The molecule has 0 saturated heterocycles. The molecule has 0 saturated carbocycles. The standard InChI is InChI=1S/C24H18N4O5S/c1-14-6-11-20(15(2)12-14)22-21(16-7-9-18(10-8-16)27(30)31)25-24(34-22)26-23(29)17-4-3-5-19(13-17)28(32)33/h3-13H,1-2H3,(H,25,26,29). The average molecular weight is 474 g/mol. The molecular weight excluding hydrogens is 456 g/mol. The SMILES string of the molecule is Cc1ccc(-c2sc(NC(=O)c3cccc([N+](=O)[O-])c3)nc2-c2ccc([N+](=O)[O-])cc2)c(C)c1. The highest BCUT2D eigenvalue weighted by Crippen LogP contribution is 2.41. The topological polar surface area (TPSA) is 128 Å². The minimum atomic E-state index is -0.564. The molecule has 10 heteroatoms. The van der Waals surface area contributed by atoms with E-state index in [-0.39, 0.29) is 16.9 Å². The van der Waals surface area contributed by atoms with Crippen molar-refractivity contribution in [3.05, 3.63) is 104 Å². The molecule has 1 amide bonds. The molecule has 0 aliphatic rings. The summed E-state index contributed by atoms with van der Waals surface area (Å²) in [4.78, 5) is 39.2. The van der Waals surface area contributed by atoms with E-state index in [1.165, 1.54) is 47.7 Å². The first kappa shape index (κ1) is 22.7. The van der Waals surface area contributed by atoms with Crippen molar-refractivity contribution in [2.75, 3.05) is 5.32 Å². The van der Waals surface area contributed by atoms with E-state index in [2.05, 4.69) is 10.3 Å². The predicted octanol–water partition coefficient (Wildman–Crippen LogP) is 6.16. The molecule has 1 aromatic heterocycles. The summed E-state index contributed by atoms with van der Waals surface area (Å²) in [5.74, 6) is -0.528. The van der Waals surface area contributed by atoms with Gasteiger partial charge in [0.2, 0.25) is 0 Å². The fourth-order valence-electron chi connectivity index (χ4n) is 3.49. The van der Waals surface area contributed by atoms with Crippen molar-refractivity contribution in [3.8, 4) is 21.7 Å². The highest BCUT2D eigenvalue weighted by atomic mass is 32.1. The number of thiazole rings is 1. The molecule has 9 nitrogen and oxygen atoms in total. The van der Waals surface area contributed by atoms with Crippen LogP contribution < -0.4 is 5.32 Å². The van der Waals surface area contributed by atoms with Crippen LogP contribution in [0.2, 0.25) is 0 Å². The largest absolute Gasteiger partial charge is 0.298 e. The monoisotopic (exact) mass is 474 g/mol. The smallest absolute Gasteiger partial charge is 0.270 e. The third kappa shape index (κ3) is 4.66. The number of hydrogen-bond donors (Lipinski definition) is 1. The maximum absolute atomic E-state index is 12.8. The third-order valence-corrected chi connectivity index (χ3v) is 6.15. The maximum atomic E-state index is 12.8. The number of carbonyl (C=O) groups excluding carboxylic acids is 1. The zero-order valence-corrected chi connectivity index (χ0v) is 19.0. The molecule has 0 unspecified atom stereocenters. The van der Waals surface area contributed by atoms with Crippen LogP contribution in [0.15, 0.2) is 66.7 Å². The van der Waals surface area contributed by atoms with Gasteiger partial charge >= 0.3 is 0 Å². The summed E-state index contributed by atoms with van der Waals surface area (Å²) in [5, 5.41) is 25.1. The van der Waals surface area contributed by atoms with Gasteiger partial charge in [-0.05, 0) is 43.2 Å². The lowest BCUT2D eigenvalue weighted by Crippen LogP contribution is -2.11. The number of nitro groups is 2. The lowest BCUT2D eigenvalue weighted by molar-refractivity contribution is -0.385. The highest BCUT2D eigenvalue weighted by Gasteiger charge is 2.20. The van der Waals surface area contributed by atoms with E-state index in [0.29, 0.717) is 16.4 Å². The van der Waals surface area contributed by atoms with Crippen LogP contribution in [0, 0.1) is 34.1 Å². The summed E-state index contributed by atoms with van der Waals surface area (Å²) in [7, 11) is 0. The molecule has 0 bridgehead atoms. The van der Waals surface area contributed by atoms with Gasteiger partial charge in [0, 0.05) is 35.4 Å². The van der Waals surface area contributed by atoms with Gasteiger partial charge in [0.1, 0.15) is 0 Å². The predicted molar refractivity (Wildman–Crippen MR) is 130 cm³/mol. The fourth-order valence-corrected chi connectivity index (χ4v) is 4.56. The molecule has 0 spiro atoms. The van der Waals surface area contributed by atoms with Crippen LogP contribution >= 0.6 is 11.3 Å². The number of rotatable bonds is 6. The van der Waals surface area contributed by atoms with Gasteiger partial charge in [0.15, 0.2) is 5.13 Å². The first-order valence-corrected chi connectivity index (χ1v) is 10.9. The Balaban J connectivity index is 1.76. The summed E-state index contributed by atoms with van der Waals surface area (Å²) >= 11 is 1.26. The van der Waals surface area contributed by atoms with Crippen molar-refractivity contribution in [1.82, 2.24) is 4.98 Å². The van der Waals surface area contributed by atoms with Crippen LogP contribution in [0.1, 0.15) is 21.5 Å². The van der Waals surface area contributed by atoms with Gasteiger partial charge in [-0.25, -0.2) is 4.98 Å². The van der Waals surface area contributed by atoms with Gasteiger partial charge in [-0.15, -0.1) is 0 Å². The van der Waals surface area contributed by atoms with Gasteiger partial charge < -0.3 is 0 Å². The van der Waals surface area contributed by atoms with Gasteiger partial charge in [0.05, 0.1) is 20.4 Å². The van der Waals surface area contributed by atoms with Crippen molar-refractivity contribution in [3.63, 3.8) is 0 Å². The Morgan fingerprint density at radius 3 is 2.26 bits per heavy atom. The summed E-state index contributed by atoms with van der Waals surface area (Å²) < 4.78 is 0. The van der Waals surface area contributed by atoms with Crippen LogP contribution in [0.25, 0.3) is 21.7 Å². The van der Waals surface area contributed by atoms with Gasteiger partial charge in [-0.2, -0.15) is 0 Å². The van der Waals surface area contributed by atoms with Crippen LogP contribution in [0.4, 0.5) is 16.5 Å². The zero-order valence-electron chi connectivity index (χ0n) is 18.1. The van der Waals surface area contributed by atoms with Crippen molar-refractivity contribution in [1.29, 1.82) is 0 Å². The van der Waals surface area contributed by atoms with Gasteiger partial charge in [0.25, 0.3) is 17.3 Å². The second kappa shape index (κ2) is 9.20. The number of carbonyl (C=O) groups is 1. The number of benzene rings is 3. The average Bonchev–Trinajstić information content (AvgIpc) is 3.22. The highest BCUT2D eigenvalue weighted by molar-refractivity contribution is 7.19. The van der Waals surface area contributed by atoms with Crippen molar-refractivity contribution >= 4 is 33.8 Å². The van der Waals surface area contributed by atoms with Crippen LogP contribution in [-0.2, 0) is 0 Å². The van der Waals surface area contributed by atoms with Gasteiger partial charge in [-0.3, -0.25) is 30.3 Å². The van der Waals surface area contributed by atoms with E-state index >= 15 is 0 Å². The molecule has 34 heavy (non-hydrogen) atoms. The molecule has 0 radical (unpaired) electrons. The molecule has 0 atom stereocenters. The Morgan fingerprint density at radius 1 is 0.912 bits per heavy atom. The Bertz CT molecular complexity index is 1430. The zero-order chi connectivity index (χ0) is 24.4. The van der Waals surface area contributed by atoms with E-state index in [4.69, 9.17) is 0 Å². The summed E-state index contributed by atoms with van der Waals surface area (Å²) in [6.07, 6.45) is 0. The van der Waals surface area contributed by atoms with E-state index < -0.39 is 15.8 Å². The second-order valence-electron chi connectivity index (χ2n) is 7.58. The van der Waals surface area contributed by atoms with Crippen LogP contribution in [0.3, 0.4) is 0 Å². The molecule has 1 heterocycles. The number of non-ortho nitro benzene ring substituents is 2. The number of hydrogen-bond acceptors (Lipinski definition) is 7. The van der Waals surface area contributed by atoms with Crippen molar-refractivity contribution in [2.24, 2.45) is 0 Å². The molecule has 1 N–H and O–H groups in total. The number of aromatic nitrogens is 1. The minimum Gasteiger partial charge on any atom is -0.298 e. The third-order valence-electron chi connectivity index (χ3n) is 5.14. The molecule has 0 aliphatic heterocycles. The number of nitro benzene ring substituents is 2. The number of nitrogens with one attached hydrogen (secondary N) is 1. The molecule has 0 fully saturated rings. The Morgan fingerprint density at radius 2 is 1.62 bits per heavy atom. The normalized spacial score (nSPS) is 10.6. The van der Waals surface area contributed by atoms with Crippen LogP contribution in [0.5, 0.6) is 0 Å². The molecule has 4 aromatic rings. The first-order chi connectivity index (χ1) is 16.2. The van der Waals surface area contributed by atoms with E-state index in [1.807, 2.05) is 32.0 Å². The Labute approximate surface area is 198 Å². The van der Waals surface area contributed by atoms with E-state index in [9.17, 15) is 25.0 Å². The summed E-state index contributed by atoms with van der Waals surface area (Å²) in [6.45, 7) is 3.97. The summed E-state index contributed by atoms with van der Waals surface area (Å²) in [6, 6.07) is 17.5. The van der Waals surface area contributed by atoms with E-state index in [0.717, 1.165) is 21.6 Å². The van der Waals surface area contributed by atoms with Crippen molar-refractivity contribution < 1.29 is 14.6 Å². The fraction of sp³-hybridized carbons (Fsp3) is 0.0833. The number of aryl methyl sites for hydroxylation is 2. The number of nitrogens with zero attached hydrogens (tertiary/aromatic N) is 3. The Kier molecular flexibility index (Phi) is 6.15. The molecule has 3 aromatic carbocycles. The van der Waals surface area contributed by atoms with Crippen LogP contribution in [-0.4, -0.2) is 20.7 Å². The number of amides is 1. The number of anilines is 1. The molecule has 170 valence electrons. The lowest BCUT2D eigenvalue weighted by atomic mass is 10.0. The molecule has 0 aliphatic carbocycles. The quantitative estimate of drug-likeness (QED) is 0.263. The van der Waals surface area contributed by atoms with Gasteiger partial charge in [-0.1, -0.05) is 41.2 Å². The molecule has 4 rings (SSSR count). The van der Waals surface area contributed by atoms with E-state index in [1.54, 1.807) is 12.1 Å². The maximum Gasteiger partial charge on any atom is 0.270 e. The minimum absolute atomic E-state index is 0.0359. The Hall–Kier alpha value is -4.44. The first-order valence-electron chi connectivity index (χ1n) is 10.1. The lowest BCUT2D eigenvalue weighted by Gasteiger charge is -2.07. The second-order valence-corrected chi connectivity index (χ2v) is 8.58. The molecular formula is C24H18N4O5S.